The van der Waals surface area contributed by atoms with Crippen molar-refractivity contribution in [3.8, 4) is 0 Å². The van der Waals surface area contributed by atoms with Crippen LogP contribution in [0, 0.1) is 0 Å². The monoisotopic (exact) mass is 299 g/mol. The number of hydrogen-bond donors (Lipinski definition) is 1. The van der Waals surface area contributed by atoms with Crippen LogP contribution in [0.2, 0.25) is 0 Å². The average molecular weight is 299 g/mol. The Kier molecular flexibility index (Phi) is 5.06. The molecule has 0 heterocycles. The van der Waals surface area contributed by atoms with Crippen molar-refractivity contribution in [2.24, 2.45) is 0 Å². The third-order valence-corrected chi connectivity index (χ3v) is 3.92. The van der Waals surface area contributed by atoms with Crippen LogP contribution >= 0.6 is 0 Å². The molecule has 0 aliphatic rings. The molecule has 11 heteroatoms. The van der Waals surface area contributed by atoms with Crippen molar-refractivity contribution in [2.45, 2.75) is 17.6 Å². The highest BCUT2D eigenvalue weighted by Crippen LogP contribution is 2.40. The van der Waals surface area contributed by atoms with Gasteiger partial charge in [0.1, 0.15) is 0 Å². The molecule has 108 valence electrons. The average Bonchev–Trinajstić information content (AvgIpc) is 2.24. The predicted octanol–water partition coefficient (Wildman–Crippen LogP) is 0.920. The van der Waals surface area contributed by atoms with E-state index >= 15 is 0 Å². The highest BCUT2D eigenvalue weighted by molar-refractivity contribution is 7.90. The van der Waals surface area contributed by atoms with E-state index in [2.05, 4.69) is 0 Å². The molecule has 5 nitrogen and oxygen atoms in total. The number of carboxylic acid groups (broad SMARTS) is 1. The van der Waals surface area contributed by atoms with Crippen LogP contribution in [0.25, 0.3) is 0 Å². The van der Waals surface area contributed by atoms with E-state index in [-0.39, 0.29) is 4.31 Å². The fourth-order valence-electron chi connectivity index (χ4n) is 0.835. The smallest absolute Gasteiger partial charge is 0.423 e. The molecule has 1 N–H and O–H groups in total. The summed E-state index contributed by atoms with van der Waals surface area (Å²) in [6, 6.07) is 0. The van der Waals surface area contributed by atoms with Gasteiger partial charge in [-0.3, -0.25) is 4.79 Å². The Labute approximate surface area is 99.2 Å². The Morgan fingerprint density at radius 3 is 2.06 bits per heavy atom. The summed E-state index contributed by atoms with van der Waals surface area (Å²) >= 11 is 0. The number of halogens is 5. The molecule has 0 aromatic carbocycles. The number of hydrogen-bond acceptors (Lipinski definition) is 3. The van der Waals surface area contributed by atoms with E-state index in [1.807, 2.05) is 0 Å². The molecule has 0 bridgehead atoms. The molecule has 0 unspecified atom stereocenters. The van der Waals surface area contributed by atoms with E-state index in [1.54, 1.807) is 0 Å². The predicted molar refractivity (Wildman–Crippen MR) is 49.7 cm³/mol. The second-order valence-electron chi connectivity index (χ2n) is 3.33. The van der Waals surface area contributed by atoms with E-state index in [4.69, 9.17) is 5.11 Å². The van der Waals surface area contributed by atoms with Gasteiger partial charge in [-0.2, -0.15) is 21.9 Å². The zero-order valence-corrected chi connectivity index (χ0v) is 9.86. The van der Waals surface area contributed by atoms with Crippen molar-refractivity contribution in [2.75, 3.05) is 20.3 Å². The molecular weight excluding hydrogens is 289 g/mol. The second-order valence-corrected chi connectivity index (χ2v) is 5.41. The Hall–Kier alpha value is -0.970. The van der Waals surface area contributed by atoms with Crippen molar-refractivity contribution in [1.29, 1.82) is 0 Å². The first-order valence-corrected chi connectivity index (χ1v) is 5.83. The van der Waals surface area contributed by atoms with Crippen molar-refractivity contribution in [1.82, 2.24) is 4.31 Å². The first-order valence-electron chi connectivity index (χ1n) is 4.39. The highest BCUT2D eigenvalue weighted by Gasteiger charge is 2.67. The van der Waals surface area contributed by atoms with Gasteiger partial charge in [0.15, 0.2) is 6.67 Å². The van der Waals surface area contributed by atoms with Gasteiger partial charge in [-0.1, -0.05) is 0 Å². The van der Waals surface area contributed by atoms with Crippen LogP contribution in [-0.2, 0) is 14.8 Å². The fourth-order valence-corrected chi connectivity index (χ4v) is 1.99. The van der Waals surface area contributed by atoms with E-state index in [1.165, 1.54) is 0 Å². The summed E-state index contributed by atoms with van der Waals surface area (Å²) in [5, 5.41) is 2.57. The van der Waals surface area contributed by atoms with Crippen LogP contribution in [0.4, 0.5) is 22.0 Å². The number of alkyl halides is 5. The second kappa shape index (κ2) is 5.34. The summed E-state index contributed by atoms with van der Waals surface area (Å²) in [5.41, 5.74) is 0. The zero-order chi connectivity index (χ0) is 14.8. The van der Waals surface area contributed by atoms with Gasteiger partial charge in [0.25, 0.3) is 10.0 Å². The van der Waals surface area contributed by atoms with Crippen LogP contribution in [-0.4, -0.2) is 55.2 Å². The third-order valence-electron chi connectivity index (χ3n) is 1.97. The van der Waals surface area contributed by atoms with Crippen LogP contribution in [0.3, 0.4) is 0 Å². The van der Waals surface area contributed by atoms with Crippen LogP contribution < -0.4 is 0 Å². The van der Waals surface area contributed by atoms with E-state index in [0.717, 1.165) is 0 Å². The van der Waals surface area contributed by atoms with Crippen molar-refractivity contribution >= 4 is 16.0 Å². The van der Waals surface area contributed by atoms with Gasteiger partial charge in [0.2, 0.25) is 0 Å². The number of carboxylic acids is 1. The van der Waals surface area contributed by atoms with E-state index in [0.29, 0.717) is 7.05 Å². The molecule has 0 aliphatic heterocycles. The van der Waals surface area contributed by atoms with Crippen molar-refractivity contribution < 1.29 is 40.3 Å². The van der Waals surface area contributed by atoms with Gasteiger partial charge in [-0.05, 0) is 0 Å². The normalized spacial score (nSPS) is 13.9. The first kappa shape index (κ1) is 17.0. The standard InChI is InChI=1S/C7H10F5NO4S/c1-13(3-2-5(14)15)18(16,17)7(11,12)6(9,10)4-8/h2-4H2,1H3,(H,14,15). The summed E-state index contributed by atoms with van der Waals surface area (Å²) in [7, 11) is -5.36. The van der Waals surface area contributed by atoms with Gasteiger partial charge in [0, 0.05) is 13.6 Å². The minimum atomic E-state index is -5.86. The molecule has 0 aromatic rings. The molecule has 0 atom stereocenters. The Morgan fingerprint density at radius 1 is 1.28 bits per heavy atom. The summed E-state index contributed by atoms with van der Waals surface area (Å²) in [6.07, 6.45) is -0.854. The lowest BCUT2D eigenvalue weighted by Crippen LogP contribution is -2.53. The highest BCUT2D eigenvalue weighted by atomic mass is 32.2. The molecule has 0 aromatic heterocycles. The number of rotatable bonds is 7. The summed E-state index contributed by atoms with van der Waals surface area (Å²) in [5.74, 6) is -6.89. The Bertz CT molecular complexity index is 410. The van der Waals surface area contributed by atoms with E-state index in [9.17, 15) is 35.2 Å². The fraction of sp³-hybridized carbons (Fsp3) is 0.857. The molecule has 0 saturated carbocycles. The summed E-state index contributed by atoms with van der Waals surface area (Å²) < 4.78 is 84.8. The maximum Gasteiger partial charge on any atom is 0.423 e. The molecular formula is C7H10F5NO4S. The molecule has 0 spiro atoms. The quantitative estimate of drug-likeness (QED) is 0.709. The lowest BCUT2D eigenvalue weighted by Gasteiger charge is -2.27. The topological polar surface area (TPSA) is 74.7 Å². The van der Waals surface area contributed by atoms with Gasteiger partial charge in [-0.25, -0.2) is 12.8 Å². The minimum Gasteiger partial charge on any atom is -0.481 e. The minimum absolute atomic E-state index is 0.245. The first-order chi connectivity index (χ1) is 7.90. The SMILES string of the molecule is CN(CCC(=O)O)S(=O)(=O)C(F)(F)C(F)(F)CF. The molecule has 0 saturated heterocycles. The maximum atomic E-state index is 13.0. The molecule has 0 fully saturated rings. The largest absolute Gasteiger partial charge is 0.481 e. The van der Waals surface area contributed by atoms with Gasteiger partial charge >= 0.3 is 17.1 Å². The molecule has 0 radical (unpaired) electrons. The lowest BCUT2D eigenvalue weighted by molar-refractivity contribution is -0.167. The number of sulfonamides is 1. The molecule has 0 aliphatic carbocycles. The summed E-state index contributed by atoms with van der Waals surface area (Å²) in [4.78, 5) is 10.1. The lowest BCUT2D eigenvalue weighted by atomic mass is 10.4. The number of carbonyl (C=O) groups is 1. The third kappa shape index (κ3) is 3.07. The van der Waals surface area contributed by atoms with Crippen LogP contribution in [0.1, 0.15) is 6.42 Å². The Morgan fingerprint density at radius 2 is 1.72 bits per heavy atom. The number of aliphatic carboxylic acids is 1. The number of nitrogens with zero attached hydrogens (tertiary/aromatic N) is 1. The maximum absolute atomic E-state index is 13.0. The van der Waals surface area contributed by atoms with Gasteiger partial charge < -0.3 is 5.11 Å². The van der Waals surface area contributed by atoms with Gasteiger partial charge in [-0.15, -0.1) is 0 Å². The van der Waals surface area contributed by atoms with Crippen LogP contribution in [0.15, 0.2) is 0 Å². The molecule has 0 rings (SSSR count). The zero-order valence-electron chi connectivity index (χ0n) is 9.04. The van der Waals surface area contributed by atoms with E-state index < -0.39 is 46.8 Å². The Balaban J connectivity index is 5.19. The van der Waals surface area contributed by atoms with Crippen LogP contribution in [0.5, 0.6) is 0 Å². The summed E-state index contributed by atoms with van der Waals surface area (Å²) in [6.45, 7) is -3.79. The van der Waals surface area contributed by atoms with Crippen molar-refractivity contribution in [3.63, 3.8) is 0 Å². The molecule has 18 heavy (non-hydrogen) atoms. The van der Waals surface area contributed by atoms with Crippen molar-refractivity contribution in [3.05, 3.63) is 0 Å². The molecule has 0 amide bonds. The van der Waals surface area contributed by atoms with Gasteiger partial charge in [0.05, 0.1) is 6.42 Å².